The van der Waals surface area contributed by atoms with Crippen molar-refractivity contribution in [3.63, 3.8) is 0 Å². The first-order valence-electron chi connectivity index (χ1n) is 10.0. The maximum absolute atomic E-state index is 8.45. The number of nitrogens with zero attached hydrogens (tertiary/aromatic N) is 3. The van der Waals surface area contributed by atoms with Crippen LogP contribution in [-0.4, -0.2) is 25.4 Å². The fraction of sp³-hybridized carbons (Fsp3) is 0.619. The normalized spacial score (nSPS) is 23.7. The molecule has 1 atom stereocenters. The summed E-state index contributed by atoms with van der Waals surface area (Å²) in [5, 5.41) is 4.80. The molecule has 1 unspecified atom stereocenters. The van der Waals surface area contributed by atoms with Gasteiger partial charge in [0.25, 0.3) is 0 Å². The lowest BCUT2D eigenvalue weighted by Gasteiger charge is -2.27. The molecule has 6 nitrogen and oxygen atoms in total. The number of ether oxygens (including phenoxy) is 2. The van der Waals surface area contributed by atoms with Crippen molar-refractivity contribution in [2.24, 2.45) is 11.0 Å². The molecular weight excluding hydrogens is 342 g/mol. The second-order valence-electron chi connectivity index (χ2n) is 7.96. The van der Waals surface area contributed by atoms with Crippen molar-refractivity contribution in [3.05, 3.63) is 40.5 Å². The van der Waals surface area contributed by atoms with Gasteiger partial charge in [-0.3, -0.25) is 0 Å². The minimum atomic E-state index is -0.112. The molecule has 0 bridgehead atoms. The summed E-state index contributed by atoms with van der Waals surface area (Å²) >= 11 is 0. The molecular formula is C21H27N3O3. The van der Waals surface area contributed by atoms with Crippen molar-refractivity contribution in [1.82, 2.24) is 0 Å². The Morgan fingerprint density at radius 2 is 2.00 bits per heavy atom. The van der Waals surface area contributed by atoms with E-state index in [2.05, 4.69) is 22.2 Å². The van der Waals surface area contributed by atoms with E-state index in [4.69, 9.17) is 19.4 Å². The minimum Gasteiger partial charge on any atom is -0.493 e. The van der Waals surface area contributed by atoms with E-state index in [9.17, 15) is 0 Å². The molecule has 0 N–H and O–H groups in total. The van der Waals surface area contributed by atoms with Crippen LogP contribution >= 0.6 is 0 Å². The average Bonchev–Trinajstić information content (AvgIpc) is 3.42. The molecule has 144 valence electrons. The van der Waals surface area contributed by atoms with Crippen molar-refractivity contribution >= 4 is 11.0 Å². The van der Waals surface area contributed by atoms with Gasteiger partial charge in [-0.2, -0.15) is 0 Å². The summed E-state index contributed by atoms with van der Waals surface area (Å²) in [7, 11) is 0. The lowest BCUT2D eigenvalue weighted by molar-refractivity contribution is 0.0182. The van der Waals surface area contributed by atoms with E-state index in [0.29, 0.717) is 12.5 Å². The Morgan fingerprint density at radius 1 is 1.19 bits per heavy atom. The number of azide groups is 1. The Labute approximate surface area is 159 Å². The van der Waals surface area contributed by atoms with Gasteiger partial charge >= 0.3 is 0 Å². The lowest BCUT2D eigenvalue weighted by Crippen LogP contribution is -2.23. The Hall–Kier alpha value is -2.17. The highest BCUT2D eigenvalue weighted by Gasteiger charge is 2.26. The van der Waals surface area contributed by atoms with Gasteiger partial charge < -0.3 is 13.9 Å². The van der Waals surface area contributed by atoms with E-state index < -0.39 is 0 Å². The van der Waals surface area contributed by atoms with Gasteiger partial charge in [0.1, 0.15) is 17.1 Å². The van der Waals surface area contributed by atoms with Crippen LogP contribution in [0.4, 0.5) is 0 Å². The van der Waals surface area contributed by atoms with Crippen molar-refractivity contribution in [2.45, 2.75) is 63.5 Å². The molecule has 2 aromatic rings. The van der Waals surface area contributed by atoms with E-state index in [1.165, 1.54) is 12.8 Å². The minimum absolute atomic E-state index is 0.112. The lowest BCUT2D eigenvalue weighted by atomic mass is 9.86. The Morgan fingerprint density at radius 3 is 2.74 bits per heavy atom. The maximum atomic E-state index is 8.45. The number of hydrogen-bond donors (Lipinski definition) is 0. The quantitative estimate of drug-likeness (QED) is 0.327. The smallest absolute Gasteiger partial charge is 0.137 e. The molecule has 2 aliphatic carbocycles. The highest BCUT2D eigenvalue weighted by molar-refractivity contribution is 5.79. The van der Waals surface area contributed by atoms with Gasteiger partial charge in [-0.05, 0) is 68.2 Å². The van der Waals surface area contributed by atoms with Crippen LogP contribution in [0.5, 0.6) is 5.75 Å². The molecule has 1 aromatic heterocycles. The zero-order chi connectivity index (χ0) is 18.6. The average molecular weight is 369 g/mol. The summed E-state index contributed by atoms with van der Waals surface area (Å²) in [6.07, 6.45) is 7.00. The van der Waals surface area contributed by atoms with Crippen LogP contribution in [0.2, 0.25) is 0 Å². The Kier molecular flexibility index (Phi) is 5.55. The number of benzene rings is 1. The molecule has 2 saturated carbocycles. The number of rotatable bonds is 8. The first-order valence-corrected chi connectivity index (χ1v) is 10.0. The third kappa shape index (κ3) is 4.76. The molecule has 4 rings (SSSR count). The predicted octanol–water partition coefficient (Wildman–Crippen LogP) is 5.96. The summed E-state index contributed by atoms with van der Waals surface area (Å²) < 4.78 is 17.9. The molecule has 2 aliphatic rings. The summed E-state index contributed by atoms with van der Waals surface area (Å²) in [5.41, 5.74) is 9.37. The van der Waals surface area contributed by atoms with Crippen molar-refractivity contribution in [1.29, 1.82) is 0 Å². The fourth-order valence-electron chi connectivity index (χ4n) is 3.73. The summed E-state index contributed by atoms with van der Waals surface area (Å²) in [5.74, 6) is 3.18. The van der Waals surface area contributed by atoms with E-state index in [-0.39, 0.29) is 12.1 Å². The SMILES string of the molecule is CC(COC1CCC(c2cc3ccc(OCC4CC4)cc3o2)CC1)N=[N+]=[N-]. The Bertz CT molecular complexity index is 815. The van der Waals surface area contributed by atoms with Crippen LogP contribution < -0.4 is 4.74 Å². The zero-order valence-electron chi connectivity index (χ0n) is 15.8. The van der Waals surface area contributed by atoms with Crippen molar-refractivity contribution in [2.75, 3.05) is 13.2 Å². The molecule has 0 radical (unpaired) electrons. The van der Waals surface area contributed by atoms with Gasteiger partial charge in [0.2, 0.25) is 0 Å². The van der Waals surface area contributed by atoms with Crippen LogP contribution in [0.25, 0.3) is 21.4 Å². The third-order valence-corrected chi connectivity index (χ3v) is 5.59. The summed E-state index contributed by atoms with van der Waals surface area (Å²) in [4.78, 5) is 2.82. The van der Waals surface area contributed by atoms with Gasteiger partial charge in [-0.25, -0.2) is 0 Å². The first-order chi connectivity index (χ1) is 13.2. The van der Waals surface area contributed by atoms with Gasteiger partial charge in [0.05, 0.1) is 25.4 Å². The van der Waals surface area contributed by atoms with Crippen LogP contribution in [0.3, 0.4) is 0 Å². The number of fused-ring (bicyclic) bond motifs is 1. The second-order valence-corrected chi connectivity index (χ2v) is 7.96. The Balaban J connectivity index is 1.32. The van der Waals surface area contributed by atoms with Crippen molar-refractivity contribution < 1.29 is 13.9 Å². The molecule has 27 heavy (non-hydrogen) atoms. The molecule has 6 heteroatoms. The molecule has 0 spiro atoms. The van der Waals surface area contributed by atoms with Crippen LogP contribution in [0.1, 0.15) is 57.1 Å². The second kappa shape index (κ2) is 8.24. The van der Waals surface area contributed by atoms with Gasteiger partial charge in [0, 0.05) is 22.3 Å². The molecule has 0 amide bonds. The van der Waals surface area contributed by atoms with Crippen LogP contribution in [0.15, 0.2) is 33.8 Å². The molecule has 0 aliphatic heterocycles. The zero-order valence-corrected chi connectivity index (χ0v) is 15.8. The van der Waals surface area contributed by atoms with E-state index in [1.54, 1.807) is 0 Å². The monoisotopic (exact) mass is 369 g/mol. The van der Waals surface area contributed by atoms with Crippen LogP contribution in [-0.2, 0) is 4.74 Å². The largest absolute Gasteiger partial charge is 0.493 e. The van der Waals surface area contributed by atoms with Crippen molar-refractivity contribution in [3.8, 4) is 5.75 Å². The van der Waals surface area contributed by atoms with E-state index in [0.717, 1.165) is 60.7 Å². The standard InChI is InChI=1S/C21H27N3O3/c1-14(23-24-22)12-25-18-7-4-16(5-8-18)20-10-17-6-9-19(11-21(17)27-20)26-13-15-2-3-15/h6,9-11,14-16,18H,2-5,7-8,12-13H2,1H3. The summed E-state index contributed by atoms with van der Waals surface area (Å²) in [6.45, 7) is 3.19. The third-order valence-electron chi connectivity index (χ3n) is 5.59. The highest BCUT2D eigenvalue weighted by Crippen LogP contribution is 2.37. The van der Waals surface area contributed by atoms with Crippen LogP contribution in [0, 0.1) is 5.92 Å². The van der Waals surface area contributed by atoms with Gasteiger partial charge in [-0.1, -0.05) is 12.0 Å². The van der Waals surface area contributed by atoms with Gasteiger partial charge in [0.15, 0.2) is 0 Å². The van der Waals surface area contributed by atoms with E-state index >= 15 is 0 Å². The topological polar surface area (TPSA) is 80.4 Å². The summed E-state index contributed by atoms with van der Waals surface area (Å²) in [6, 6.07) is 8.22. The molecule has 2 fully saturated rings. The molecule has 0 saturated heterocycles. The van der Waals surface area contributed by atoms with Gasteiger partial charge in [-0.15, -0.1) is 0 Å². The molecule has 1 aromatic carbocycles. The van der Waals surface area contributed by atoms with E-state index in [1.807, 2.05) is 19.1 Å². The molecule has 1 heterocycles. The highest BCUT2D eigenvalue weighted by atomic mass is 16.5. The number of furan rings is 1. The fourth-order valence-corrected chi connectivity index (χ4v) is 3.73. The maximum Gasteiger partial charge on any atom is 0.137 e. The number of hydrogen-bond acceptors (Lipinski definition) is 4. The predicted molar refractivity (Wildman–Crippen MR) is 104 cm³/mol. The first kappa shape index (κ1) is 18.2.